The number of nitrogens with one attached hydrogen (secondary N) is 2. The number of rotatable bonds is 3. The molecule has 0 aromatic heterocycles. The second-order valence-electron chi connectivity index (χ2n) is 7.19. The summed E-state index contributed by atoms with van der Waals surface area (Å²) in [6, 6.07) is 18.7. The molecular formula is C23H21N3O. The molecule has 3 aromatic rings. The Balaban J connectivity index is 1.73. The summed E-state index contributed by atoms with van der Waals surface area (Å²) in [4.78, 5) is 12.2. The Morgan fingerprint density at radius 3 is 2.11 bits per heavy atom. The van der Waals surface area contributed by atoms with Crippen LogP contribution < -0.4 is 16.4 Å². The third-order valence-electron chi connectivity index (χ3n) is 5.56. The van der Waals surface area contributed by atoms with Crippen LogP contribution in [0.1, 0.15) is 21.5 Å². The highest BCUT2D eigenvalue weighted by Gasteiger charge is 2.19. The molecular weight excluding hydrogens is 334 g/mol. The van der Waals surface area contributed by atoms with Gasteiger partial charge in [-0.1, -0.05) is 24.3 Å². The van der Waals surface area contributed by atoms with Gasteiger partial charge in [-0.3, -0.25) is 4.79 Å². The van der Waals surface area contributed by atoms with Gasteiger partial charge in [-0.2, -0.15) is 0 Å². The molecule has 2 aliphatic rings. The Kier molecular flexibility index (Phi) is 3.64. The first-order chi connectivity index (χ1) is 13.2. The zero-order valence-electron chi connectivity index (χ0n) is 15.0. The maximum absolute atomic E-state index is 12.2. The molecule has 4 heteroatoms. The molecule has 0 fully saturated rings. The van der Waals surface area contributed by atoms with E-state index in [1.165, 1.54) is 22.5 Å². The lowest BCUT2D eigenvalue weighted by Gasteiger charge is -2.16. The number of nitrogens with two attached hydrogens (primary N) is 1. The molecule has 4 nitrogen and oxygen atoms in total. The number of hydrogen-bond acceptors (Lipinski definition) is 3. The fraction of sp³-hybridized carbons (Fsp3) is 0.174. The van der Waals surface area contributed by atoms with Crippen LogP contribution in [-0.4, -0.2) is 19.0 Å². The number of primary amides is 1. The van der Waals surface area contributed by atoms with Crippen LogP contribution in [0.3, 0.4) is 0 Å². The summed E-state index contributed by atoms with van der Waals surface area (Å²) >= 11 is 0. The maximum atomic E-state index is 12.2. The summed E-state index contributed by atoms with van der Waals surface area (Å²) in [7, 11) is 0. The fourth-order valence-electron chi connectivity index (χ4n) is 4.24. The molecule has 27 heavy (non-hydrogen) atoms. The maximum Gasteiger partial charge on any atom is 0.249 e. The molecule has 0 saturated carbocycles. The molecule has 0 unspecified atom stereocenters. The molecule has 1 amide bonds. The van der Waals surface area contributed by atoms with Crippen LogP contribution in [0.4, 0.5) is 11.4 Å². The van der Waals surface area contributed by atoms with E-state index in [1.54, 1.807) is 0 Å². The molecule has 2 aliphatic heterocycles. The Bertz CT molecular complexity index is 1070. The van der Waals surface area contributed by atoms with Crippen molar-refractivity contribution >= 4 is 17.3 Å². The minimum Gasteiger partial charge on any atom is -0.384 e. The van der Waals surface area contributed by atoms with Gasteiger partial charge < -0.3 is 16.4 Å². The summed E-state index contributed by atoms with van der Waals surface area (Å²) < 4.78 is 0. The van der Waals surface area contributed by atoms with E-state index < -0.39 is 5.91 Å². The van der Waals surface area contributed by atoms with E-state index in [4.69, 9.17) is 5.73 Å². The van der Waals surface area contributed by atoms with Gasteiger partial charge in [0.1, 0.15) is 0 Å². The number of amides is 1. The zero-order valence-corrected chi connectivity index (χ0v) is 15.0. The van der Waals surface area contributed by atoms with Gasteiger partial charge in [0.25, 0.3) is 0 Å². The standard InChI is InChI=1S/C23H21N3O/c24-23(27)19-3-1-2-18(14-4-6-20-15(12-14)8-10-25-20)22(19)17-5-7-21-16(13-17)9-11-26-21/h1-7,12-13,25-26H,8-11H2,(H2,24,27). The van der Waals surface area contributed by atoms with Crippen molar-refractivity contribution < 1.29 is 4.79 Å². The van der Waals surface area contributed by atoms with Gasteiger partial charge in [-0.15, -0.1) is 0 Å². The zero-order chi connectivity index (χ0) is 18.4. The summed E-state index contributed by atoms with van der Waals surface area (Å²) in [6.45, 7) is 1.94. The van der Waals surface area contributed by atoms with Crippen molar-refractivity contribution in [3.63, 3.8) is 0 Å². The first-order valence-electron chi connectivity index (χ1n) is 9.38. The van der Waals surface area contributed by atoms with Crippen LogP contribution in [0.5, 0.6) is 0 Å². The van der Waals surface area contributed by atoms with Crippen molar-refractivity contribution in [2.24, 2.45) is 5.73 Å². The van der Waals surface area contributed by atoms with Gasteiger partial charge in [-0.05, 0) is 71.0 Å². The Morgan fingerprint density at radius 1 is 0.815 bits per heavy atom. The quantitative estimate of drug-likeness (QED) is 0.664. The van der Waals surface area contributed by atoms with Crippen molar-refractivity contribution in [2.75, 3.05) is 23.7 Å². The molecule has 4 N–H and O–H groups in total. The number of carbonyl (C=O) groups is 1. The van der Waals surface area contributed by atoms with Gasteiger partial charge in [0.05, 0.1) is 0 Å². The minimum atomic E-state index is -0.395. The molecule has 3 aromatic carbocycles. The smallest absolute Gasteiger partial charge is 0.249 e. The van der Waals surface area contributed by atoms with Gasteiger partial charge in [-0.25, -0.2) is 0 Å². The van der Waals surface area contributed by atoms with E-state index in [0.717, 1.165) is 48.2 Å². The third kappa shape index (κ3) is 2.65. The monoisotopic (exact) mass is 355 g/mol. The predicted molar refractivity (Wildman–Crippen MR) is 110 cm³/mol. The summed E-state index contributed by atoms with van der Waals surface area (Å²) in [5.74, 6) is -0.395. The second kappa shape index (κ2) is 6.16. The minimum absolute atomic E-state index is 0.395. The summed E-state index contributed by atoms with van der Waals surface area (Å²) in [5.41, 5.74) is 15.4. The average molecular weight is 355 g/mol. The molecule has 0 spiro atoms. The molecule has 134 valence electrons. The van der Waals surface area contributed by atoms with Crippen LogP contribution in [0.15, 0.2) is 54.6 Å². The van der Waals surface area contributed by atoms with Crippen LogP contribution in [0, 0.1) is 0 Å². The van der Waals surface area contributed by atoms with Crippen LogP contribution in [-0.2, 0) is 12.8 Å². The van der Waals surface area contributed by atoms with Gasteiger partial charge >= 0.3 is 0 Å². The molecule has 5 rings (SSSR count). The van der Waals surface area contributed by atoms with Crippen LogP contribution >= 0.6 is 0 Å². The van der Waals surface area contributed by atoms with Crippen molar-refractivity contribution in [2.45, 2.75) is 12.8 Å². The number of anilines is 2. The first-order valence-corrected chi connectivity index (χ1v) is 9.38. The first kappa shape index (κ1) is 15.9. The number of hydrogen-bond donors (Lipinski definition) is 3. The lowest BCUT2D eigenvalue weighted by molar-refractivity contribution is 0.100. The van der Waals surface area contributed by atoms with Crippen molar-refractivity contribution in [3.8, 4) is 22.3 Å². The van der Waals surface area contributed by atoms with Crippen LogP contribution in [0.25, 0.3) is 22.3 Å². The fourth-order valence-corrected chi connectivity index (χ4v) is 4.24. The average Bonchev–Trinajstić information content (AvgIpc) is 3.35. The summed E-state index contributed by atoms with van der Waals surface area (Å²) in [6.07, 6.45) is 2.03. The molecule has 0 radical (unpaired) electrons. The van der Waals surface area contributed by atoms with E-state index in [2.05, 4.69) is 53.1 Å². The van der Waals surface area contributed by atoms with E-state index in [1.807, 2.05) is 12.1 Å². The lowest BCUT2D eigenvalue weighted by atomic mass is 9.88. The topological polar surface area (TPSA) is 67.2 Å². The number of benzene rings is 3. The number of fused-ring (bicyclic) bond motifs is 2. The van der Waals surface area contributed by atoms with Crippen molar-refractivity contribution in [3.05, 3.63) is 71.3 Å². The van der Waals surface area contributed by atoms with E-state index >= 15 is 0 Å². The Hall–Kier alpha value is -3.27. The van der Waals surface area contributed by atoms with E-state index in [0.29, 0.717) is 5.56 Å². The largest absolute Gasteiger partial charge is 0.384 e. The van der Waals surface area contributed by atoms with Gasteiger partial charge in [0.2, 0.25) is 5.91 Å². The number of carbonyl (C=O) groups excluding carboxylic acids is 1. The molecule has 0 saturated heterocycles. The SMILES string of the molecule is NC(=O)c1cccc(-c2ccc3c(c2)CCN3)c1-c1ccc2c(c1)CCN2. The highest BCUT2D eigenvalue weighted by molar-refractivity contribution is 6.04. The van der Waals surface area contributed by atoms with Gasteiger partial charge in [0, 0.05) is 35.6 Å². The molecule has 0 aliphatic carbocycles. The van der Waals surface area contributed by atoms with Crippen molar-refractivity contribution in [1.82, 2.24) is 0 Å². The summed E-state index contributed by atoms with van der Waals surface area (Å²) in [5, 5.41) is 6.79. The van der Waals surface area contributed by atoms with Crippen LogP contribution in [0.2, 0.25) is 0 Å². The van der Waals surface area contributed by atoms with Crippen molar-refractivity contribution in [1.29, 1.82) is 0 Å². The highest BCUT2D eigenvalue weighted by Crippen LogP contribution is 2.39. The van der Waals surface area contributed by atoms with E-state index in [9.17, 15) is 4.79 Å². The third-order valence-corrected chi connectivity index (χ3v) is 5.56. The predicted octanol–water partition coefficient (Wildman–Crippen LogP) is 4.06. The van der Waals surface area contributed by atoms with Gasteiger partial charge in [0.15, 0.2) is 0 Å². The molecule has 0 bridgehead atoms. The molecule has 0 atom stereocenters. The Labute approximate surface area is 158 Å². The Morgan fingerprint density at radius 2 is 1.44 bits per heavy atom. The highest BCUT2D eigenvalue weighted by atomic mass is 16.1. The van der Waals surface area contributed by atoms with E-state index in [-0.39, 0.29) is 0 Å². The second-order valence-corrected chi connectivity index (χ2v) is 7.19. The normalized spacial score (nSPS) is 14.2. The lowest BCUT2D eigenvalue weighted by Crippen LogP contribution is -2.13. The molecule has 2 heterocycles.